The number of carbonyl (C=O) groups is 2. The smallest absolute Gasteiger partial charge is 0.312 e. The van der Waals surface area contributed by atoms with Crippen molar-refractivity contribution in [2.75, 3.05) is 7.11 Å². The number of hydrogen-bond donors (Lipinski definition) is 0. The van der Waals surface area contributed by atoms with Gasteiger partial charge in [0.15, 0.2) is 0 Å². The van der Waals surface area contributed by atoms with Crippen molar-refractivity contribution in [3.05, 3.63) is 28.5 Å². The van der Waals surface area contributed by atoms with Gasteiger partial charge in [-0.05, 0) is 17.0 Å². The number of hydrogen-bond acceptors (Lipinski definition) is 5. The quantitative estimate of drug-likeness (QED) is 0.799. The lowest BCUT2D eigenvalue weighted by molar-refractivity contribution is -0.151. The number of methoxy groups -OCH3 is 1. The van der Waals surface area contributed by atoms with Crippen molar-refractivity contribution in [1.82, 2.24) is 0 Å². The lowest BCUT2D eigenvalue weighted by atomic mass is 9.87. The first-order chi connectivity index (χ1) is 9.10. The van der Waals surface area contributed by atoms with Gasteiger partial charge in [0.1, 0.15) is 6.10 Å². The lowest BCUT2D eigenvalue weighted by Gasteiger charge is -2.26. The Labute approximate surface area is 116 Å². The minimum Gasteiger partial charge on any atom is -0.469 e. The van der Waals surface area contributed by atoms with Crippen LogP contribution in [0.25, 0.3) is 5.57 Å². The van der Waals surface area contributed by atoms with E-state index < -0.39 is 0 Å². The molecule has 1 aliphatic rings. The topological polar surface area (TPSA) is 52.6 Å². The maximum atomic E-state index is 11.7. The summed E-state index contributed by atoms with van der Waals surface area (Å²) >= 11 is 1.61. The van der Waals surface area contributed by atoms with Gasteiger partial charge in [0.2, 0.25) is 0 Å². The van der Waals surface area contributed by atoms with Crippen LogP contribution in [0.15, 0.2) is 23.6 Å². The Kier molecular flexibility index (Phi) is 4.37. The lowest BCUT2D eigenvalue weighted by Crippen LogP contribution is -2.28. The highest BCUT2D eigenvalue weighted by molar-refractivity contribution is 7.11. The molecule has 0 aromatic carbocycles. The molecular weight excluding hydrogens is 264 g/mol. The number of carbonyl (C=O) groups excluding carboxylic acids is 2. The van der Waals surface area contributed by atoms with Crippen LogP contribution in [0.4, 0.5) is 0 Å². The highest BCUT2D eigenvalue weighted by Crippen LogP contribution is 2.34. The molecule has 0 N–H and O–H groups in total. The summed E-state index contributed by atoms with van der Waals surface area (Å²) in [5, 5.41) is 1.98. The average Bonchev–Trinajstić information content (AvgIpc) is 2.90. The largest absolute Gasteiger partial charge is 0.469 e. The van der Waals surface area contributed by atoms with Gasteiger partial charge in [0.05, 0.1) is 13.0 Å². The summed E-state index contributed by atoms with van der Waals surface area (Å²) in [6.07, 6.45) is 2.80. The van der Waals surface area contributed by atoms with E-state index in [9.17, 15) is 9.59 Å². The maximum Gasteiger partial charge on any atom is 0.312 e. The van der Waals surface area contributed by atoms with Crippen molar-refractivity contribution in [2.24, 2.45) is 5.92 Å². The van der Waals surface area contributed by atoms with Crippen LogP contribution in [0, 0.1) is 5.92 Å². The summed E-state index contributed by atoms with van der Waals surface area (Å²) in [7, 11) is 1.37. The molecule has 0 saturated heterocycles. The van der Waals surface area contributed by atoms with Crippen LogP contribution in [0.3, 0.4) is 0 Å². The molecule has 1 aromatic rings. The normalized spacial score (nSPS) is 22.5. The Bertz CT molecular complexity index is 490. The summed E-state index contributed by atoms with van der Waals surface area (Å²) in [4.78, 5) is 23.9. The molecule has 0 radical (unpaired) electrons. The SMILES string of the molecule is COC(=O)[C@@H]1C=C(c2cccs2)CC(OC(C)=O)C1. The van der Waals surface area contributed by atoms with E-state index in [-0.39, 0.29) is 24.0 Å². The van der Waals surface area contributed by atoms with Crippen LogP contribution in [-0.2, 0) is 19.1 Å². The molecule has 0 aliphatic heterocycles. The monoisotopic (exact) mass is 280 g/mol. The van der Waals surface area contributed by atoms with Crippen LogP contribution < -0.4 is 0 Å². The molecule has 0 amide bonds. The molecule has 1 heterocycles. The fraction of sp³-hybridized carbons (Fsp3) is 0.429. The van der Waals surface area contributed by atoms with Gasteiger partial charge in [0, 0.05) is 24.6 Å². The third-order valence-electron chi connectivity index (χ3n) is 3.04. The van der Waals surface area contributed by atoms with Crippen molar-refractivity contribution in [3.8, 4) is 0 Å². The summed E-state index contributed by atoms with van der Waals surface area (Å²) < 4.78 is 10.0. The van der Waals surface area contributed by atoms with Crippen molar-refractivity contribution < 1.29 is 19.1 Å². The minimum atomic E-state index is -0.347. The van der Waals surface area contributed by atoms with Gasteiger partial charge in [-0.3, -0.25) is 9.59 Å². The molecule has 0 bridgehead atoms. The zero-order valence-electron chi connectivity index (χ0n) is 10.9. The molecule has 2 rings (SSSR count). The maximum absolute atomic E-state index is 11.7. The van der Waals surface area contributed by atoms with E-state index >= 15 is 0 Å². The van der Waals surface area contributed by atoms with Crippen molar-refractivity contribution >= 4 is 28.8 Å². The predicted molar refractivity (Wildman–Crippen MR) is 72.6 cm³/mol. The average molecular weight is 280 g/mol. The Morgan fingerprint density at radius 3 is 2.79 bits per heavy atom. The van der Waals surface area contributed by atoms with E-state index in [4.69, 9.17) is 9.47 Å². The van der Waals surface area contributed by atoms with Crippen LogP contribution >= 0.6 is 11.3 Å². The Morgan fingerprint density at radius 2 is 2.21 bits per heavy atom. The van der Waals surface area contributed by atoms with Crippen molar-refractivity contribution in [3.63, 3.8) is 0 Å². The molecule has 0 fully saturated rings. The predicted octanol–water partition coefficient (Wildman–Crippen LogP) is 2.65. The number of esters is 2. The molecule has 5 heteroatoms. The van der Waals surface area contributed by atoms with Gasteiger partial charge in [-0.25, -0.2) is 0 Å². The first-order valence-corrected chi connectivity index (χ1v) is 6.97. The van der Waals surface area contributed by atoms with Gasteiger partial charge < -0.3 is 9.47 Å². The van der Waals surface area contributed by atoms with Crippen LogP contribution in [0.2, 0.25) is 0 Å². The van der Waals surface area contributed by atoms with E-state index in [1.165, 1.54) is 14.0 Å². The standard InChI is InChI=1S/C14H16O4S/c1-9(15)18-12-7-10(13-4-3-5-19-13)6-11(8-12)14(16)17-2/h3-6,11-12H,7-8H2,1-2H3/t11-,12?/m1/s1. The summed E-state index contributed by atoms with van der Waals surface area (Å²) in [6, 6.07) is 3.96. The molecule has 1 aliphatic carbocycles. The summed E-state index contributed by atoms with van der Waals surface area (Å²) in [6.45, 7) is 1.39. The molecule has 0 spiro atoms. The first-order valence-electron chi connectivity index (χ1n) is 6.09. The fourth-order valence-corrected chi connectivity index (χ4v) is 3.04. The van der Waals surface area contributed by atoms with Crippen LogP contribution in [-0.4, -0.2) is 25.2 Å². The Morgan fingerprint density at radius 1 is 1.42 bits per heavy atom. The van der Waals surface area contributed by atoms with Gasteiger partial charge in [-0.1, -0.05) is 12.1 Å². The van der Waals surface area contributed by atoms with Crippen LogP contribution in [0.5, 0.6) is 0 Å². The van der Waals surface area contributed by atoms with Gasteiger partial charge in [-0.2, -0.15) is 0 Å². The third kappa shape index (κ3) is 3.44. The third-order valence-corrected chi connectivity index (χ3v) is 3.99. The Hall–Kier alpha value is -1.62. The second kappa shape index (κ2) is 6.02. The molecule has 102 valence electrons. The number of thiophene rings is 1. The number of rotatable bonds is 3. The van der Waals surface area contributed by atoms with Crippen LogP contribution in [0.1, 0.15) is 24.6 Å². The molecule has 0 saturated carbocycles. The van der Waals surface area contributed by atoms with Crippen molar-refractivity contribution in [2.45, 2.75) is 25.9 Å². The first kappa shape index (κ1) is 13.8. The van der Waals surface area contributed by atoms with Gasteiger partial charge in [0.25, 0.3) is 0 Å². The molecule has 1 unspecified atom stereocenters. The van der Waals surface area contributed by atoms with Gasteiger partial charge in [-0.15, -0.1) is 11.3 Å². The second-order valence-electron chi connectivity index (χ2n) is 4.47. The van der Waals surface area contributed by atoms with E-state index in [1.807, 2.05) is 23.6 Å². The highest BCUT2D eigenvalue weighted by Gasteiger charge is 2.30. The zero-order chi connectivity index (χ0) is 13.8. The zero-order valence-corrected chi connectivity index (χ0v) is 11.7. The molecule has 19 heavy (non-hydrogen) atoms. The molecular formula is C14H16O4S. The summed E-state index contributed by atoms with van der Waals surface area (Å²) in [5.74, 6) is -0.952. The highest BCUT2D eigenvalue weighted by atomic mass is 32.1. The summed E-state index contributed by atoms with van der Waals surface area (Å²) in [5.41, 5.74) is 1.04. The second-order valence-corrected chi connectivity index (χ2v) is 5.42. The molecule has 2 atom stereocenters. The fourth-order valence-electron chi connectivity index (χ4n) is 2.27. The van der Waals surface area contributed by atoms with E-state index in [1.54, 1.807) is 11.3 Å². The van der Waals surface area contributed by atoms with Crippen molar-refractivity contribution in [1.29, 1.82) is 0 Å². The van der Waals surface area contributed by atoms with E-state index in [0.29, 0.717) is 12.8 Å². The molecule has 4 nitrogen and oxygen atoms in total. The van der Waals surface area contributed by atoms with Gasteiger partial charge >= 0.3 is 11.9 Å². The van der Waals surface area contributed by atoms with E-state index in [0.717, 1.165) is 10.5 Å². The number of ether oxygens (including phenoxy) is 2. The molecule has 1 aromatic heterocycles. The van der Waals surface area contributed by atoms with E-state index in [2.05, 4.69) is 0 Å². The minimum absolute atomic E-state index is 0.260. The Balaban J connectivity index is 2.22.